The largest absolute Gasteiger partial charge is 0.490 e. The zero-order valence-corrected chi connectivity index (χ0v) is 20.9. The predicted molar refractivity (Wildman–Crippen MR) is 134 cm³/mol. The fraction of sp³-hybridized carbons (Fsp3) is 0.208. The van der Waals surface area contributed by atoms with Crippen LogP contribution in [0.3, 0.4) is 0 Å². The Kier molecular flexibility index (Phi) is 8.35. The molecular formula is C24H23BrN2O5S. The Bertz CT molecular complexity index is 1130. The third-order valence-corrected chi connectivity index (χ3v) is 6.14. The first-order valence-corrected chi connectivity index (χ1v) is 11.6. The van der Waals surface area contributed by atoms with Crippen LogP contribution in [0.4, 0.5) is 5.69 Å². The van der Waals surface area contributed by atoms with E-state index in [0.29, 0.717) is 50.5 Å². The molecule has 0 radical (unpaired) electrons. The molecule has 1 aliphatic rings. The first-order chi connectivity index (χ1) is 15.9. The Balaban J connectivity index is 1.88. The van der Waals surface area contributed by atoms with Gasteiger partial charge in [0.05, 0.1) is 34.3 Å². The predicted octanol–water partition coefficient (Wildman–Crippen LogP) is 5.43. The van der Waals surface area contributed by atoms with Crippen LogP contribution in [0.1, 0.15) is 22.8 Å². The number of methoxy groups -OCH3 is 1. The van der Waals surface area contributed by atoms with Gasteiger partial charge in [0.2, 0.25) is 0 Å². The molecule has 1 fully saturated rings. The van der Waals surface area contributed by atoms with Crippen LogP contribution in [-0.2, 0) is 9.53 Å². The number of rotatable bonds is 8. The van der Waals surface area contributed by atoms with Crippen LogP contribution in [0, 0.1) is 0 Å². The van der Waals surface area contributed by atoms with Crippen LogP contribution in [0.15, 0.2) is 63.4 Å². The minimum atomic E-state index is -0.416. The number of likely N-dealkylation sites (N-methyl/N-ethyl adjacent to an activating group) is 1. The Morgan fingerprint density at radius 3 is 2.61 bits per heavy atom. The number of carbonyl (C=O) groups excluding carboxylic acids is 2. The maximum atomic E-state index is 12.8. The van der Waals surface area contributed by atoms with Crippen molar-refractivity contribution in [2.45, 2.75) is 6.92 Å². The van der Waals surface area contributed by atoms with Gasteiger partial charge in [0.25, 0.3) is 5.91 Å². The summed E-state index contributed by atoms with van der Waals surface area (Å²) < 4.78 is 16.9. The molecule has 172 valence electrons. The van der Waals surface area contributed by atoms with Crippen molar-refractivity contribution in [3.63, 3.8) is 0 Å². The van der Waals surface area contributed by atoms with Gasteiger partial charge in [0, 0.05) is 7.05 Å². The minimum Gasteiger partial charge on any atom is -0.490 e. The summed E-state index contributed by atoms with van der Waals surface area (Å²) in [6, 6.07) is 10.4. The van der Waals surface area contributed by atoms with Crippen molar-refractivity contribution in [3.8, 4) is 11.5 Å². The van der Waals surface area contributed by atoms with Crippen LogP contribution in [0.2, 0.25) is 0 Å². The monoisotopic (exact) mass is 530 g/mol. The highest BCUT2D eigenvalue weighted by atomic mass is 79.9. The smallest absolute Gasteiger partial charge is 0.337 e. The Hall–Kier alpha value is -3.04. The molecule has 0 bridgehead atoms. The summed E-state index contributed by atoms with van der Waals surface area (Å²) in [5, 5.41) is 0.534. The van der Waals surface area contributed by atoms with Crippen molar-refractivity contribution in [1.82, 2.24) is 4.90 Å². The van der Waals surface area contributed by atoms with Crippen LogP contribution >= 0.6 is 27.7 Å². The van der Waals surface area contributed by atoms with Gasteiger partial charge in [-0.2, -0.15) is 0 Å². The number of benzene rings is 2. The fourth-order valence-corrected chi connectivity index (χ4v) is 4.48. The van der Waals surface area contributed by atoms with E-state index < -0.39 is 5.97 Å². The number of ether oxygens (including phenoxy) is 3. The molecule has 3 rings (SSSR count). The minimum absolute atomic E-state index is 0.161. The number of nitrogens with zero attached hydrogens (tertiary/aromatic N) is 2. The number of amides is 1. The summed E-state index contributed by atoms with van der Waals surface area (Å²) in [5.41, 5.74) is 1.84. The van der Waals surface area contributed by atoms with Crippen LogP contribution < -0.4 is 9.47 Å². The molecule has 0 atom stereocenters. The molecule has 0 spiro atoms. The third kappa shape index (κ3) is 5.85. The van der Waals surface area contributed by atoms with Gasteiger partial charge in [-0.3, -0.25) is 9.69 Å². The van der Waals surface area contributed by atoms with E-state index in [4.69, 9.17) is 14.2 Å². The molecule has 0 N–H and O–H groups in total. The second-order valence-electron chi connectivity index (χ2n) is 6.77. The lowest BCUT2D eigenvalue weighted by Gasteiger charge is -2.13. The van der Waals surface area contributed by atoms with Gasteiger partial charge in [-0.1, -0.05) is 12.7 Å². The van der Waals surface area contributed by atoms with E-state index >= 15 is 0 Å². The zero-order chi connectivity index (χ0) is 24.0. The number of halogens is 1. The number of carbonyl (C=O) groups is 2. The average Bonchev–Trinajstić information content (AvgIpc) is 3.06. The molecule has 9 heteroatoms. The molecule has 2 aromatic rings. The number of thioether (sulfide) groups is 1. The zero-order valence-electron chi connectivity index (χ0n) is 18.5. The van der Waals surface area contributed by atoms with E-state index in [9.17, 15) is 9.59 Å². The topological polar surface area (TPSA) is 77.4 Å². The fourth-order valence-electron chi connectivity index (χ4n) is 2.92. The lowest BCUT2D eigenvalue weighted by Crippen LogP contribution is -2.23. The maximum absolute atomic E-state index is 12.8. The van der Waals surface area contributed by atoms with Gasteiger partial charge in [0.1, 0.15) is 6.61 Å². The molecule has 1 heterocycles. The maximum Gasteiger partial charge on any atom is 0.337 e. The molecule has 0 aliphatic carbocycles. The average molecular weight is 531 g/mol. The van der Waals surface area contributed by atoms with Crippen molar-refractivity contribution in [2.75, 3.05) is 27.4 Å². The second kappa shape index (κ2) is 11.2. The highest BCUT2D eigenvalue weighted by Gasteiger charge is 2.30. The van der Waals surface area contributed by atoms with Crippen LogP contribution in [0.25, 0.3) is 6.08 Å². The summed E-state index contributed by atoms with van der Waals surface area (Å²) in [6.07, 6.45) is 3.45. The normalized spacial score (nSPS) is 15.8. The van der Waals surface area contributed by atoms with Crippen molar-refractivity contribution in [3.05, 3.63) is 69.6 Å². The van der Waals surface area contributed by atoms with Gasteiger partial charge in [-0.05, 0) is 82.7 Å². The number of aliphatic imine (C=N–C) groups is 1. The van der Waals surface area contributed by atoms with E-state index in [1.165, 1.54) is 23.8 Å². The molecule has 1 saturated heterocycles. The second-order valence-corrected chi connectivity index (χ2v) is 8.63. The number of amidine groups is 1. The van der Waals surface area contributed by atoms with Crippen molar-refractivity contribution < 1.29 is 23.8 Å². The summed E-state index contributed by atoms with van der Waals surface area (Å²) in [7, 11) is 3.00. The van der Waals surface area contributed by atoms with E-state index in [2.05, 4.69) is 27.5 Å². The van der Waals surface area contributed by atoms with Crippen molar-refractivity contribution in [2.24, 2.45) is 4.99 Å². The Labute approximate surface area is 205 Å². The van der Waals surface area contributed by atoms with Gasteiger partial charge < -0.3 is 14.2 Å². The number of hydrogen-bond donors (Lipinski definition) is 0. The molecule has 0 unspecified atom stereocenters. The van der Waals surface area contributed by atoms with Crippen molar-refractivity contribution >= 4 is 56.5 Å². The van der Waals surface area contributed by atoms with Gasteiger partial charge >= 0.3 is 5.97 Å². The summed E-state index contributed by atoms with van der Waals surface area (Å²) in [6.45, 7) is 6.38. The highest BCUT2D eigenvalue weighted by Crippen LogP contribution is 2.39. The Morgan fingerprint density at radius 2 is 1.97 bits per heavy atom. The molecule has 1 amide bonds. The summed E-state index contributed by atoms with van der Waals surface area (Å²) in [5.74, 6) is 0.578. The summed E-state index contributed by atoms with van der Waals surface area (Å²) >= 11 is 4.79. The van der Waals surface area contributed by atoms with Gasteiger partial charge in [0.15, 0.2) is 16.7 Å². The number of esters is 1. The SMILES string of the molecule is C=CCOc1c(Br)cc(/C=C2/SC(=Nc3ccc(C(=O)OC)cc3)N(C)C2=O)cc1OCC. The molecule has 0 aromatic heterocycles. The molecule has 2 aromatic carbocycles. The lowest BCUT2D eigenvalue weighted by molar-refractivity contribution is -0.121. The third-order valence-electron chi connectivity index (χ3n) is 4.49. The lowest BCUT2D eigenvalue weighted by atomic mass is 10.2. The highest BCUT2D eigenvalue weighted by molar-refractivity contribution is 9.10. The number of hydrogen-bond acceptors (Lipinski definition) is 7. The van der Waals surface area contributed by atoms with E-state index in [1.54, 1.807) is 43.5 Å². The first kappa shape index (κ1) is 24.6. The van der Waals surface area contributed by atoms with Gasteiger partial charge in [-0.25, -0.2) is 9.79 Å². The van der Waals surface area contributed by atoms with Crippen molar-refractivity contribution in [1.29, 1.82) is 0 Å². The standard InChI is InChI=1S/C24H23BrN2O5S/c1-5-11-32-21-18(25)12-15(13-19(21)31-6-2)14-20-22(28)27(3)24(33-20)26-17-9-7-16(8-10-17)23(29)30-4/h5,7-10,12-14H,1,6,11H2,2-4H3/b20-14+,26-24?. The van der Waals surface area contributed by atoms with Crippen LogP contribution in [-0.4, -0.2) is 49.3 Å². The molecular weight excluding hydrogens is 508 g/mol. The van der Waals surface area contributed by atoms with E-state index in [1.807, 2.05) is 19.1 Å². The molecule has 7 nitrogen and oxygen atoms in total. The van der Waals surface area contributed by atoms with E-state index in [-0.39, 0.29) is 5.91 Å². The first-order valence-electron chi connectivity index (χ1n) is 10.0. The Morgan fingerprint density at radius 1 is 1.24 bits per heavy atom. The van der Waals surface area contributed by atoms with E-state index in [0.717, 1.165) is 5.56 Å². The summed E-state index contributed by atoms with van der Waals surface area (Å²) in [4.78, 5) is 31.0. The van der Waals surface area contributed by atoms with Crippen LogP contribution in [0.5, 0.6) is 11.5 Å². The molecule has 33 heavy (non-hydrogen) atoms. The quantitative estimate of drug-likeness (QED) is 0.257. The molecule has 1 aliphatic heterocycles. The van der Waals surface area contributed by atoms with Gasteiger partial charge in [-0.15, -0.1) is 0 Å². The molecule has 0 saturated carbocycles.